The van der Waals surface area contributed by atoms with Crippen molar-refractivity contribution in [3.63, 3.8) is 0 Å². The number of aryl methyl sites for hydroxylation is 3. The average Bonchev–Trinajstić information content (AvgIpc) is 2.66. The van der Waals surface area contributed by atoms with Crippen LogP contribution in [0.1, 0.15) is 17.7 Å². The van der Waals surface area contributed by atoms with Gasteiger partial charge in [0, 0.05) is 12.7 Å². The summed E-state index contributed by atoms with van der Waals surface area (Å²) in [4.78, 5) is 0. The van der Waals surface area contributed by atoms with Crippen molar-refractivity contribution in [2.75, 3.05) is 0 Å². The summed E-state index contributed by atoms with van der Waals surface area (Å²) in [5.74, 6) is 0. The Morgan fingerprint density at radius 2 is 1.93 bits per heavy atom. The molecule has 0 amide bonds. The Morgan fingerprint density at radius 3 is 2.60 bits per heavy atom. The van der Waals surface area contributed by atoms with E-state index in [4.69, 9.17) is 0 Å². The molecule has 2 heteroatoms. The first-order chi connectivity index (χ1) is 7.34. The highest BCUT2D eigenvalue weighted by Crippen LogP contribution is 2.03. The van der Waals surface area contributed by atoms with E-state index in [-0.39, 0.29) is 0 Å². The van der Waals surface area contributed by atoms with Crippen LogP contribution < -0.4 is 0 Å². The molecule has 0 saturated carbocycles. The highest BCUT2D eigenvalue weighted by Gasteiger charge is 1.95. The summed E-state index contributed by atoms with van der Waals surface area (Å²) in [6.07, 6.45) is 4.31. The second kappa shape index (κ2) is 4.78. The van der Waals surface area contributed by atoms with Gasteiger partial charge in [0.05, 0.1) is 5.69 Å². The molecule has 2 aromatic rings. The molecule has 1 aromatic carbocycles. The van der Waals surface area contributed by atoms with Crippen molar-refractivity contribution in [1.82, 2.24) is 9.78 Å². The lowest BCUT2D eigenvalue weighted by Crippen LogP contribution is -2.00. The predicted molar refractivity (Wildman–Crippen MR) is 61.7 cm³/mol. The summed E-state index contributed by atoms with van der Waals surface area (Å²) in [5, 5.41) is 4.36. The first-order valence-electron chi connectivity index (χ1n) is 5.38. The van der Waals surface area contributed by atoms with E-state index in [0.29, 0.717) is 0 Å². The lowest BCUT2D eigenvalue weighted by atomic mass is 10.1. The fourth-order valence-electron chi connectivity index (χ4n) is 1.68. The minimum atomic E-state index is 1.00. The second-order valence-corrected chi connectivity index (χ2v) is 3.81. The third kappa shape index (κ3) is 2.94. The van der Waals surface area contributed by atoms with Crippen LogP contribution in [0.2, 0.25) is 0 Å². The van der Waals surface area contributed by atoms with Crippen molar-refractivity contribution in [2.24, 2.45) is 0 Å². The maximum Gasteiger partial charge on any atom is 0.0593 e. The molecule has 1 aromatic heterocycles. The Kier molecular flexibility index (Phi) is 3.18. The molecule has 0 saturated heterocycles. The summed E-state index contributed by atoms with van der Waals surface area (Å²) in [7, 11) is 0. The Labute approximate surface area is 90.6 Å². The molecule has 0 unspecified atom stereocenters. The van der Waals surface area contributed by atoms with Crippen LogP contribution in [0.3, 0.4) is 0 Å². The highest BCUT2D eigenvalue weighted by molar-refractivity contribution is 5.14. The summed E-state index contributed by atoms with van der Waals surface area (Å²) in [5.41, 5.74) is 2.50. The average molecular weight is 200 g/mol. The zero-order chi connectivity index (χ0) is 10.5. The van der Waals surface area contributed by atoms with E-state index in [1.165, 1.54) is 5.56 Å². The van der Waals surface area contributed by atoms with Crippen molar-refractivity contribution in [2.45, 2.75) is 26.3 Å². The van der Waals surface area contributed by atoms with E-state index in [1.807, 2.05) is 23.9 Å². The molecule has 0 aliphatic carbocycles. The van der Waals surface area contributed by atoms with Crippen molar-refractivity contribution in [1.29, 1.82) is 0 Å². The van der Waals surface area contributed by atoms with Crippen LogP contribution in [0.5, 0.6) is 0 Å². The van der Waals surface area contributed by atoms with E-state index in [2.05, 4.69) is 35.4 Å². The van der Waals surface area contributed by atoms with E-state index in [9.17, 15) is 0 Å². The van der Waals surface area contributed by atoms with Gasteiger partial charge in [0.1, 0.15) is 0 Å². The predicted octanol–water partition coefficient (Wildman–Crippen LogP) is 2.82. The number of nitrogens with zero attached hydrogens (tertiary/aromatic N) is 2. The molecule has 0 aliphatic rings. The fraction of sp³-hybridized carbons (Fsp3) is 0.308. The Bertz CT molecular complexity index is 403. The van der Waals surface area contributed by atoms with Crippen molar-refractivity contribution < 1.29 is 0 Å². The van der Waals surface area contributed by atoms with Gasteiger partial charge >= 0.3 is 0 Å². The van der Waals surface area contributed by atoms with Gasteiger partial charge in [-0.3, -0.25) is 4.68 Å². The number of aromatic nitrogens is 2. The first-order valence-corrected chi connectivity index (χ1v) is 5.38. The molecule has 2 rings (SSSR count). The molecule has 0 N–H and O–H groups in total. The molecule has 0 radical (unpaired) electrons. The van der Waals surface area contributed by atoms with Gasteiger partial charge in [-0.25, -0.2) is 0 Å². The van der Waals surface area contributed by atoms with Crippen LogP contribution in [-0.2, 0) is 13.0 Å². The normalized spacial score (nSPS) is 10.5. The number of hydrogen-bond donors (Lipinski definition) is 0. The van der Waals surface area contributed by atoms with E-state index in [0.717, 1.165) is 25.1 Å². The van der Waals surface area contributed by atoms with Crippen LogP contribution in [0.4, 0.5) is 0 Å². The minimum absolute atomic E-state index is 1.00. The lowest BCUT2D eigenvalue weighted by Gasteiger charge is -2.01. The quantitative estimate of drug-likeness (QED) is 0.742. The molecule has 0 aliphatic heterocycles. The van der Waals surface area contributed by atoms with Gasteiger partial charge in [-0.15, -0.1) is 0 Å². The molecular weight excluding hydrogens is 184 g/mol. The number of rotatable bonds is 4. The molecule has 0 spiro atoms. The maximum atomic E-state index is 4.36. The summed E-state index contributed by atoms with van der Waals surface area (Å²) >= 11 is 0. The molecule has 0 atom stereocenters. The standard InChI is InChI=1S/C13H16N2/c1-12-9-11-15(14-12)10-5-8-13-6-3-2-4-7-13/h2-4,6-7,9,11H,5,8,10H2,1H3. The van der Waals surface area contributed by atoms with E-state index in [1.54, 1.807) is 0 Å². The van der Waals surface area contributed by atoms with Gasteiger partial charge in [-0.05, 0) is 31.4 Å². The van der Waals surface area contributed by atoms with Crippen LogP contribution in [0.25, 0.3) is 0 Å². The van der Waals surface area contributed by atoms with Crippen molar-refractivity contribution in [3.05, 3.63) is 53.9 Å². The van der Waals surface area contributed by atoms with Gasteiger partial charge in [0.2, 0.25) is 0 Å². The molecule has 0 fully saturated rings. The summed E-state index contributed by atoms with van der Waals surface area (Å²) in [6, 6.07) is 12.6. The first kappa shape index (κ1) is 9.97. The largest absolute Gasteiger partial charge is 0.272 e. The monoisotopic (exact) mass is 200 g/mol. The Balaban J connectivity index is 1.80. The summed E-state index contributed by atoms with van der Waals surface area (Å²) in [6.45, 7) is 3.02. The molecule has 1 heterocycles. The van der Waals surface area contributed by atoms with Gasteiger partial charge in [-0.2, -0.15) is 5.10 Å². The number of hydrogen-bond acceptors (Lipinski definition) is 1. The van der Waals surface area contributed by atoms with Crippen LogP contribution in [0, 0.1) is 6.92 Å². The fourth-order valence-corrected chi connectivity index (χ4v) is 1.68. The van der Waals surface area contributed by atoms with Gasteiger partial charge in [-0.1, -0.05) is 30.3 Å². The zero-order valence-corrected chi connectivity index (χ0v) is 9.06. The van der Waals surface area contributed by atoms with Gasteiger partial charge in [0.25, 0.3) is 0 Å². The Hall–Kier alpha value is -1.57. The van der Waals surface area contributed by atoms with E-state index >= 15 is 0 Å². The smallest absolute Gasteiger partial charge is 0.0593 e. The molecule has 78 valence electrons. The van der Waals surface area contributed by atoms with Gasteiger partial charge in [0.15, 0.2) is 0 Å². The molecule has 2 nitrogen and oxygen atoms in total. The van der Waals surface area contributed by atoms with Crippen molar-refractivity contribution in [3.8, 4) is 0 Å². The summed E-state index contributed by atoms with van der Waals surface area (Å²) < 4.78 is 2.01. The van der Waals surface area contributed by atoms with Crippen LogP contribution >= 0.6 is 0 Å². The lowest BCUT2D eigenvalue weighted by molar-refractivity contribution is 0.575. The number of benzene rings is 1. The topological polar surface area (TPSA) is 17.8 Å². The van der Waals surface area contributed by atoms with E-state index < -0.39 is 0 Å². The van der Waals surface area contributed by atoms with Crippen molar-refractivity contribution >= 4 is 0 Å². The third-order valence-corrected chi connectivity index (χ3v) is 2.47. The van der Waals surface area contributed by atoms with Crippen LogP contribution in [-0.4, -0.2) is 9.78 Å². The zero-order valence-electron chi connectivity index (χ0n) is 9.06. The second-order valence-electron chi connectivity index (χ2n) is 3.81. The highest BCUT2D eigenvalue weighted by atomic mass is 15.3. The molecular formula is C13H16N2. The molecule has 15 heavy (non-hydrogen) atoms. The SMILES string of the molecule is Cc1ccn(CCCc2ccccc2)n1. The minimum Gasteiger partial charge on any atom is -0.272 e. The van der Waals surface area contributed by atoms with Gasteiger partial charge < -0.3 is 0 Å². The maximum absolute atomic E-state index is 4.36. The molecule has 0 bridgehead atoms. The Morgan fingerprint density at radius 1 is 1.13 bits per heavy atom. The van der Waals surface area contributed by atoms with Crippen LogP contribution in [0.15, 0.2) is 42.6 Å². The third-order valence-electron chi connectivity index (χ3n) is 2.47.